The van der Waals surface area contributed by atoms with Crippen LogP contribution in [-0.4, -0.2) is 42.4 Å². The predicted octanol–water partition coefficient (Wildman–Crippen LogP) is 1.35. The minimum atomic E-state index is 0.342. The normalized spacial score (nSPS) is 24.0. The second-order valence-electron chi connectivity index (χ2n) is 7.09. The zero-order valence-electron chi connectivity index (χ0n) is 14.6. The Hall–Kier alpha value is -1.73. The third-order valence-corrected chi connectivity index (χ3v) is 5.51. The summed E-state index contributed by atoms with van der Waals surface area (Å²) >= 11 is 0. The molecule has 0 aromatic carbocycles. The van der Waals surface area contributed by atoms with E-state index in [0.717, 1.165) is 63.5 Å². The Kier molecular flexibility index (Phi) is 4.14. The lowest BCUT2D eigenvalue weighted by atomic mass is 9.80. The molecule has 4 rings (SSSR count). The molecule has 24 heavy (non-hydrogen) atoms. The maximum absolute atomic E-state index is 5.94. The largest absolute Gasteiger partial charge is 0.328 e. The van der Waals surface area contributed by atoms with E-state index in [9.17, 15) is 0 Å². The molecule has 2 aliphatic rings. The molecule has 1 aliphatic heterocycles. The van der Waals surface area contributed by atoms with Crippen molar-refractivity contribution in [1.29, 1.82) is 0 Å². The quantitative estimate of drug-likeness (QED) is 0.864. The van der Waals surface area contributed by atoms with Gasteiger partial charge in [-0.05, 0) is 26.2 Å². The summed E-state index contributed by atoms with van der Waals surface area (Å²) in [5.74, 6) is 2.71. The van der Waals surface area contributed by atoms with Crippen molar-refractivity contribution < 1.29 is 0 Å². The number of nitrogens with zero attached hydrogens (tertiary/aromatic N) is 5. The maximum atomic E-state index is 5.94. The van der Waals surface area contributed by atoms with Crippen molar-refractivity contribution in [2.24, 2.45) is 5.73 Å². The fraction of sp³-hybridized carbons (Fsp3) is 0.706. The number of aromatic nitrogens is 5. The van der Waals surface area contributed by atoms with Gasteiger partial charge in [0.05, 0.1) is 12.2 Å². The first-order valence-electron chi connectivity index (χ1n) is 9.14. The average molecular weight is 329 g/mol. The predicted molar refractivity (Wildman–Crippen MR) is 91.4 cm³/mol. The average Bonchev–Trinajstić information content (AvgIpc) is 3.15. The molecule has 1 aliphatic carbocycles. The molecule has 0 saturated heterocycles. The zero-order valence-corrected chi connectivity index (χ0v) is 14.6. The van der Waals surface area contributed by atoms with Crippen LogP contribution in [0.5, 0.6) is 0 Å². The number of hydrogen-bond donors (Lipinski definition) is 2. The van der Waals surface area contributed by atoms with Gasteiger partial charge in [-0.3, -0.25) is 10.00 Å². The lowest BCUT2D eigenvalue weighted by Gasteiger charge is -2.32. The molecule has 3 N–H and O–H groups in total. The minimum Gasteiger partial charge on any atom is -0.328 e. The number of hydrogen-bond acceptors (Lipinski definition) is 5. The molecule has 7 nitrogen and oxygen atoms in total. The number of H-pyrrole nitrogens is 1. The standard InChI is InChI=1S/C17H27N7/c1-3-14-13-9-23(6-5-15(13)20-19-14)10-16-21-22-17(24(16)4-2)11-7-12(18)8-11/h11-12H,3-10,18H2,1-2H3,(H,19,20). The molecule has 1 fully saturated rings. The Morgan fingerprint density at radius 1 is 1.25 bits per heavy atom. The summed E-state index contributed by atoms with van der Waals surface area (Å²) in [4.78, 5) is 2.46. The van der Waals surface area contributed by atoms with Gasteiger partial charge in [-0.2, -0.15) is 5.10 Å². The highest BCUT2D eigenvalue weighted by molar-refractivity contribution is 5.27. The van der Waals surface area contributed by atoms with Gasteiger partial charge in [0, 0.05) is 49.3 Å². The molecule has 130 valence electrons. The molecule has 0 radical (unpaired) electrons. The molecule has 7 heteroatoms. The Balaban J connectivity index is 1.50. The Morgan fingerprint density at radius 2 is 2.08 bits per heavy atom. The van der Waals surface area contributed by atoms with Crippen LogP contribution in [0, 0.1) is 0 Å². The highest BCUT2D eigenvalue weighted by Crippen LogP contribution is 2.35. The summed E-state index contributed by atoms with van der Waals surface area (Å²) in [6.07, 6.45) is 4.10. The van der Waals surface area contributed by atoms with Gasteiger partial charge >= 0.3 is 0 Å². The van der Waals surface area contributed by atoms with Gasteiger partial charge in [0.1, 0.15) is 11.6 Å². The van der Waals surface area contributed by atoms with E-state index >= 15 is 0 Å². The van der Waals surface area contributed by atoms with Crippen molar-refractivity contribution in [3.8, 4) is 0 Å². The van der Waals surface area contributed by atoms with Gasteiger partial charge in [0.2, 0.25) is 0 Å². The second kappa shape index (κ2) is 6.29. The molecule has 2 aromatic rings. The van der Waals surface area contributed by atoms with E-state index in [0.29, 0.717) is 12.0 Å². The van der Waals surface area contributed by atoms with Gasteiger partial charge in [-0.1, -0.05) is 6.92 Å². The van der Waals surface area contributed by atoms with E-state index in [1.165, 1.54) is 17.0 Å². The molecular weight excluding hydrogens is 302 g/mol. The Labute approximate surface area is 142 Å². The van der Waals surface area contributed by atoms with Crippen LogP contribution in [0.3, 0.4) is 0 Å². The SMILES string of the molecule is CCc1n[nH]c2c1CN(Cc1nnc(C3CC(N)C3)n1CC)CC2. The summed E-state index contributed by atoms with van der Waals surface area (Å²) in [7, 11) is 0. The van der Waals surface area contributed by atoms with Gasteiger partial charge < -0.3 is 10.3 Å². The van der Waals surface area contributed by atoms with E-state index in [2.05, 4.69) is 43.7 Å². The summed E-state index contributed by atoms with van der Waals surface area (Å²) in [6, 6.07) is 0.342. The van der Waals surface area contributed by atoms with Crippen LogP contribution in [-0.2, 0) is 32.5 Å². The third-order valence-electron chi connectivity index (χ3n) is 5.51. The minimum absolute atomic E-state index is 0.342. The molecule has 3 heterocycles. The molecule has 0 bridgehead atoms. The smallest absolute Gasteiger partial charge is 0.147 e. The van der Waals surface area contributed by atoms with Crippen molar-refractivity contribution in [2.45, 2.75) is 71.1 Å². The summed E-state index contributed by atoms with van der Waals surface area (Å²) in [6.45, 7) is 8.11. The lowest BCUT2D eigenvalue weighted by molar-refractivity contribution is 0.233. The van der Waals surface area contributed by atoms with Gasteiger partial charge in [0.25, 0.3) is 0 Å². The third kappa shape index (κ3) is 2.65. The molecule has 0 spiro atoms. The van der Waals surface area contributed by atoms with Gasteiger partial charge in [-0.25, -0.2) is 0 Å². The molecule has 0 amide bonds. The van der Waals surface area contributed by atoms with Crippen LogP contribution < -0.4 is 5.73 Å². The van der Waals surface area contributed by atoms with Crippen LogP contribution in [0.2, 0.25) is 0 Å². The van der Waals surface area contributed by atoms with Crippen molar-refractivity contribution in [1.82, 2.24) is 29.9 Å². The number of aromatic amines is 1. The van der Waals surface area contributed by atoms with Crippen LogP contribution in [0.1, 0.15) is 61.2 Å². The molecule has 1 saturated carbocycles. The van der Waals surface area contributed by atoms with Crippen LogP contribution >= 0.6 is 0 Å². The molecular formula is C17H27N7. The molecule has 0 unspecified atom stereocenters. The highest BCUT2D eigenvalue weighted by atomic mass is 15.3. The van der Waals surface area contributed by atoms with E-state index in [-0.39, 0.29) is 0 Å². The second-order valence-corrected chi connectivity index (χ2v) is 7.09. The van der Waals surface area contributed by atoms with Gasteiger partial charge in [-0.15, -0.1) is 10.2 Å². The highest BCUT2D eigenvalue weighted by Gasteiger charge is 2.32. The number of fused-ring (bicyclic) bond motifs is 1. The van der Waals surface area contributed by atoms with Crippen LogP contribution in [0.4, 0.5) is 0 Å². The van der Waals surface area contributed by atoms with Crippen molar-refractivity contribution in [3.63, 3.8) is 0 Å². The fourth-order valence-corrected chi connectivity index (χ4v) is 4.02. The van der Waals surface area contributed by atoms with E-state index in [1.54, 1.807) is 0 Å². The van der Waals surface area contributed by atoms with E-state index in [1.807, 2.05) is 0 Å². The first-order chi connectivity index (χ1) is 11.7. The van der Waals surface area contributed by atoms with Crippen LogP contribution in [0.15, 0.2) is 0 Å². The zero-order chi connectivity index (χ0) is 16.7. The molecule has 2 aromatic heterocycles. The molecule has 0 atom stereocenters. The summed E-state index contributed by atoms with van der Waals surface area (Å²) in [5, 5.41) is 16.6. The summed E-state index contributed by atoms with van der Waals surface area (Å²) in [5.41, 5.74) is 9.84. The number of rotatable bonds is 5. The first-order valence-corrected chi connectivity index (χ1v) is 9.14. The van der Waals surface area contributed by atoms with E-state index in [4.69, 9.17) is 5.73 Å². The topological polar surface area (TPSA) is 88.7 Å². The fourth-order valence-electron chi connectivity index (χ4n) is 4.02. The Morgan fingerprint density at radius 3 is 2.79 bits per heavy atom. The number of nitrogens with one attached hydrogen (secondary N) is 1. The summed E-state index contributed by atoms with van der Waals surface area (Å²) < 4.78 is 2.29. The van der Waals surface area contributed by atoms with Crippen molar-refractivity contribution >= 4 is 0 Å². The number of nitrogens with two attached hydrogens (primary N) is 1. The number of aryl methyl sites for hydroxylation is 1. The Bertz CT molecular complexity index is 697. The van der Waals surface area contributed by atoms with E-state index < -0.39 is 0 Å². The first kappa shape index (κ1) is 15.8. The monoisotopic (exact) mass is 329 g/mol. The van der Waals surface area contributed by atoms with Crippen molar-refractivity contribution in [3.05, 3.63) is 28.6 Å². The maximum Gasteiger partial charge on any atom is 0.147 e. The van der Waals surface area contributed by atoms with Gasteiger partial charge in [0.15, 0.2) is 0 Å². The van der Waals surface area contributed by atoms with Crippen molar-refractivity contribution in [2.75, 3.05) is 6.54 Å². The lowest BCUT2D eigenvalue weighted by Crippen LogP contribution is -2.36. The van der Waals surface area contributed by atoms with Crippen LogP contribution in [0.25, 0.3) is 0 Å².